The van der Waals surface area contributed by atoms with E-state index in [9.17, 15) is 9.59 Å². The van der Waals surface area contributed by atoms with Crippen molar-refractivity contribution < 1.29 is 19.0 Å². The number of rotatable bonds is 7. The average Bonchev–Trinajstić information content (AvgIpc) is 3.36. The summed E-state index contributed by atoms with van der Waals surface area (Å²) >= 11 is 13.1. The first-order chi connectivity index (χ1) is 17.8. The van der Waals surface area contributed by atoms with Gasteiger partial charge in [-0.3, -0.25) is 14.2 Å². The number of nitrogens with zero attached hydrogens (tertiary/aromatic N) is 5. The van der Waals surface area contributed by atoms with Gasteiger partial charge in [-0.25, -0.2) is 15.0 Å². The molecule has 0 aliphatic carbocycles. The highest BCUT2D eigenvalue weighted by molar-refractivity contribution is 6.41. The molecule has 1 aliphatic heterocycles. The van der Waals surface area contributed by atoms with Crippen LogP contribution in [-0.4, -0.2) is 60.3 Å². The highest BCUT2D eigenvalue weighted by Gasteiger charge is 2.26. The number of halogens is 2. The van der Waals surface area contributed by atoms with Crippen molar-refractivity contribution in [1.82, 2.24) is 14.5 Å². The number of aromatic nitrogens is 3. The van der Waals surface area contributed by atoms with E-state index in [0.717, 1.165) is 6.08 Å². The number of hydrogen-bond acceptors (Lipinski definition) is 8. The zero-order valence-electron chi connectivity index (χ0n) is 20.3. The Balaban J connectivity index is 1.72. The van der Waals surface area contributed by atoms with Crippen molar-refractivity contribution >= 4 is 58.5 Å². The summed E-state index contributed by atoms with van der Waals surface area (Å²) in [6.45, 7) is 4.24. The molecule has 0 spiro atoms. The van der Waals surface area contributed by atoms with E-state index in [1.165, 1.54) is 18.8 Å². The summed E-state index contributed by atoms with van der Waals surface area (Å²) in [7, 11) is 4.50. The lowest BCUT2D eigenvalue weighted by atomic mass is 9.99. The molecule has 37 heavy (non-hydrogen) atoms. The van der Waals surface area contributed by atoms with Gasteiger partial charge in [-0.2, -0.15) is 4.98 Å². The standard InChI is InChI=1S/C25H23Cl2N5O5/c1-5-19(33)28-9-14-11-37-12-15(14)10-30-25-29-8-13-6-16(24(34)32(2)23(13)31-25)20-21(26)17(35-3)7-18(36-4)22(20)27/h5-10,14-15H,1,11-12H2,2-4H3/b28-9-,30-10+. The van der Waals surface area contributed by atoms with Crippen molar-refractivity contribution in [2.75, 3.05) is 27.4 Å². The molecule has 2 aromatic heterocycles. The second-order valence-corrected chi connectivity index (χ2v) is 8.87. The zero-order valence-corrected chi connectivity index (χ0v) is 21.8. The number of pyridine rings is 1. The third kappa shape index (κ3) is 5.27. The summed E-state index contributed by atoms with van der Waals surface area (Å²) in [6, 6.07) is 3.17. The number of carbonyl (C=O) groups excluding carboxylic acids is 1. The van der Waals surface area contributed by atoms with Crippen LogP contribution in [0.2, 0.25) is 10.0 Å². The van der Waals surface area contributed by atoms with Crippen LogP contribution in [0.15, 0.2) is 45.8 Å². The van der Waals surface area contributed by atoms with E-state index in [2.05, 4.69) is 26.5 Å². The Hall–Kier alpha value is -3.60. The van der Waals surface area contributed by atoms with Gasteiger partial charge in [-0.15, -0.1) is 0 Å². The number of aliphatic imine (C=N–C) groups is 2. The molecule has 2 atom stereocenters. The Morgan fingerprint density at radius 2 is 1.81 bits per heavy atom. The Morgan fingerprint density at radius 3 is 2.43 bits per heavy atom. The summed E-state index contributed by atoms with van der Waals surface area (Å²) < 4.78 is 17.5. The van der Waals surface area contributed by atoms with Crippen molar-refractivity contribution in [3.8, 4) is 22.6 Å². The van der Waals surface area contributed by atoms with Crippen molar-refractivity contribution in [2.45, 2.75) is 0 Å². The number of fused-ring (bicyclic) bond motifs is 1. The fourth-order valence-corrected chi connectivity index (χ4v) is 4.58. The van der Waals surface area contributed by atoms with E-state index >= 15 is 0 Å². The fourth-order valence-electron chi connectivity index (χ4n) is 3.88. The molecule has 1 saturated heterocycles. The van der Waals surface area contributed by atoms with Crippen molar-refractivity contribution in [2.24, 2.45) is 28.9 Å². The third-order valence-corrected chi connectivity index (χ3v) is 6.65. The molecule has 1 aliphatic rings. The number of ether oxygens (including phenoxy) is 3. The maximum atomic E-state index is 13.4. The lowest BCUT2D eigenvalue weighted by molar-refractivity contribution is -0.113. The minimum absolute atomic E-state index is 0.112. The van der Waals surface area contributed by atoms with Crippen molar-refractivity contribution in [1.29, 1.82) is 0 Å². The number of methoxy groups -OCH3 is 2. The first-order valence-corrected chi connectivity index (χ1v) is 11.8. The minimum atomic E-state index is -0.421. The fraction of sp³-hybridized carbons (Fsp3) is 0.280. The Bertz CT molecular complexity index is 1470. The summed E-state index contributed by atoms with van der Waals surface area (Å²) in [5.74, 6) is 0.145. The first-order valence-electron chi connectivity index (χ1n) is 11.1. The SMILES string of the molecule is C=CC(=O)/N=C\C1COCC1/C=N/c1ncc2cc(-c3c(Cl)c(OC)cc(OC)c3Cl)c(=O)n(C)c2n1. The van der Waals surface area contributed by atoms with Crippen LogP contribution in [0, 0.1) is 11.8 Å². The maximum Gasteiger partial charge on any atom is 0.268 e. The van der Waals surface area contributed by atoms with E-state index in [-0.39, 0.29) is 44.5 Å². The Labute approximate surface area is 222 Å². The number of aryl methyl sites for hydroxylation is 1. The van der Waals surface area contributed by atoms with Gasteiger partial charge in [0.1, 0.15) is 17.1 Å². The molecule has 12 heteroatoms. The van der Waals surface area contributed by atoms with E-state index in [1.807, 2.05) is 0 Å². The normalized spacial score (nSPS) is 17.6. The molecule has 1 fully saturated rings. The zero-order chi connectivity index (χ0) is 26.7. The third-order valence-electron chi connectivity index (χ3n) is 5.90. The molecule has 1 aromatic carbocycles. The molecule has 2 unspecified atom stereocenters. The predicted octanol–water partition coefficient (Wildman–Crippen LogP) is 4.07. The van der Waals surface area contributed by atoms with Crippen LogP contribution >= 0.6 is 23.2 Å². The average molecular weight is 544 g/mol. The van der Waals surface area contributed by atoms with E-state index in [1.54, 1.807) is 37.8 Å². The molecule has 1 amide bonds. The number of amides is 1. The quantitative estimate of drug-likeness (QED) is 0.325. The van der Waals surface area contributed by atoms with Gasteiger partial charge in [0.15, 0.2) is 0 Å². The Morgan fingerprint density at radius 1 is 1.16 bits per heavy atom. The van der Waals surface area contributed by atoms with Crippen LogP contribution < -0.4 is 15.0 Å². The van der Waals surface area contributed by atoms with Gasteiger partial charge in [-0.05, 0) is 12.1 Å². The summed E-state index contributed by atoms with van der Waals surface area (Å²) in [5.41, 5.74) is 0.511. The van der Waals surface area contributed by atoms with Gasteiger partial charge in [-0.1, -0.05) is 29.8 Å². The minimum Gasteiger partial charge on any atom is -0.495 e. The second kappa shape index (κ2) is 11.2. The molecular formula is C25H23Cl2N5O5. The Kier molecular flexibility index (Phi) is 8.01. The first kappa shape index (κ1) is 26.5. The molecule has 0 saturated carbocycles. The van der Waals surface area contributed by atoms with E-state index < -0.39 is 5.91 Å². The molecule has 0 N–H and O–H groups in total. The molecule has 3 heterocycles. The van der Waals surface area contributed by atoms with Gasteiger partial charge >= 0.3 is 0 Å². The van der Waals surface area contributed by atoms with Crippen LogP contribution in [0.4, 0.5) is 5.95 Å². The van der Waals surface area contributed by atoms with Crippen LogP contribution in [-0.2, 0) is 16.6 Å². The smallest absolute Gasteiger partial charge is 0.268 e. The van der Waals surface area contributed by atoms with Gasteiger partial charge < -0.3 is 14.2 Å². The van der Waals surface area contributed by atoms with Crippen LogP contribution in [0.1, 0.15) is 0 Å². The van der Waals surface area contributed by atoms with E-state index in [4.69, 9.17) is 37.4 Å². The maximum absolute atomic E-state index is 13.4. The summed E-state index contributed by atoms with van der Waals surface area (Å²) in [5, 5.41) is 0.930. The van der Waals surface area contributed by atoms with Gasteiger partial charge in [0, 0.05) is 54.5 Å². The van der Waals surface area contributed by atoms with Crippen LogP contribution in [0.25, 0.3) is 22.2 Å². The van der Waals surface area contributed by atoms with Crippen LogP contribution in [0.3, 0.4) is 0 Å². The number of hydrogen-bond donors (Lipinski definition) is 0. The van der Waals surface area contributed by atoms with Crippen LogP contribution in [0.5, 0.6) is 11.5 Å². The monoisotopic (exact) mass is 543 g/mol. The topological polar surface area (TPSA) is 117 Å². The van der Waals surface area contributed by atoms with Crippen molar-refractivity contribution in [3.63, 3.8) is 0 Å². The molecule has 10 nitrogen and oxygen atoms in total. The molecular weight excluding hydrogens is 521 g/mol. The molecule has 0 radical (unpaired) electrons. The number of carbonyl (C=O) groups is 1. The molecule has 0 bridgehead atoms. The molecule has 192 valence electrons. The highest BCUT2D eigenvalue weighted by Crippen LogP contribution is 2.45. The van der Waals surface area contributed by atoms with Gasteiger partial charge in [0.25, 0.3) is 17.4 Å². The molecule has 4 rings (SSSR count). The largest absolute Gasteiger partial charge is 0.495 e. The van der Waals surface area contributed by atoms with Gasteiger partial charge in [0.2, 0.25) is 0 Å². The van der Waals surface area contributed by atoms with E-state index in [0.29, 0.717) is 35.7 Å². The molecule has 3 aromatic rings. The lowest BCUT2D eigenvalue weighted by Gasteiger charge is -2.15. The highest BCUT2D eigenvalue weighted by atomic mass is 35.5. The van der Waals surface area contributed by atoms with Gasteiger partial charge in [0.05, 0.1) is 43.0 Å². The second-order valence-electron chi connectivity index (χ2n) is 8.12. The summed E-state index contributed by atoms with van der Waals surface area (Å²) in [6.07, 6.45) is 5.91. The predicted molar refractivity (Wildman–Crippen MR) is 143 cm³/mol. The lowest BCUT2D eigenvalue weighted by Crippen LogP contribution is -2.20. The van der Waals surface area contributed by atoms with Crippen molar-refractivity contribution in [3.05, 3.63) is 51.4 Å². The summed E-state index contributed by atoms with van der Waals surface area (Å²) in [4.78, 5) is 41.7. The number of benzene rings is 1.